The molecule has 3 rings (SSSR count). The quantitative estimate of drug-likeness (QED) is 0.722. The third kappa shape index (κ3) is 2.68. The summed E-state index contributed by atoms with van der Waals surface area (Å²) in [6.07, 6.45) is 6.09. The average Bonchev–Trinajstić information content (AvgIpc) is 2.97. The molecule has 0 spiro atoms. The molecule has 0 N–H and O–H groups in total. The average molecular weight is 311 g/mol. The Bertz CT molecular complexity index is 612. The Balaban J connectivity index is 2.05. The molecule has 1 aromatic carbocycles. The molecule has 0 aliphatic heterocycles. The van der Waals surface area contributed by atoms with Crippen LogP contribution in [0.3, 0.4) is 0 Å². The topological polar surface area (TPSA) is 17.8 Å². The van der Waals surface area contributed by atoms with Gasteiger partial charge >= 0.3 is 0 Å². The van der Waals surface area contributed by atoms with Crippen molar-refractivity contribution in [2.45, 2.75) is 45.6 Å². The molecule has 0 radical (unpaired) electrons. The molecule has 1 aliphatic carbocycles. The molecule has 2 nitrogen and oxygen atoms in total. The standard InChI is InChI=1S/C16H20Cl2N2/c1-16(7-2-3-8-16)11-20-14-10-12(18)4-5-13(14)19-15(20)6-9-17/h4-5,10H,2-3,6-9,11H2,1H3. The highest BCUT2D eigenvalue weighted by molar-refractivity contribution is 6.31. The maximum atomic E-state index is 6.16. The van der Waals surface area contributed by atoms with Gasteiger partial charge in [0.25, 0.3) is 0 Å². The van der Waals surface area contributed by atoms with E-state index in [4.69, 9.17) is 28.2 Å². The Morgan fingerprint density at radius 3 is 2.75 bits per heavy atom. The maximum absolute atomic E-state index is 6.16. The first-order chi connectivity index (χ1) is 9.61. The number of alkyl halides is 1. The molecule has 1 heterocycles. The molecule has 4 heteroatoms. The van der Waals surface area contributed by atoms with Gasteiger partial charge in [0, 0.05) is 23.9 Å². The number of aromatic nitrogens is 2. The zero-order chi connectivity index (χ0) is 14.2. The molecule has 2 aromatic rings. The summed E-state index contributed by atoms with van der Waals surface area (Å²) in [5.41, 5.74) is 2.55. The second-order valence-corrected chi connectivity index (χ2v) is 7.02. The van der Waals surface area contributed by atoms with Crippen LogP contribution in [0, 0.1) is 5.41 Å². The number of imidazole rings is 1. The van der Waals surface area contributed by atoms with E-state index in [-0.39, 0.29) is 0 Å². The smallest absolute Gasteiger partial charge is 0.111 e. The first-order valence-electron chi connectivity index (χ1n) is 7.32. The van der Waals surface area contributed by atoms with E-state index in [1.54, 1.807) is 0 Å². The predicted octanol–water partition coefficient (Wildman–Crippen LogP) is 5.05. The minimum atomic E-state index is 0.386. The van der Waals surface area contributed by atoms with Crippen LogP contribution in [0.1, 0.15) is 38.4 Å². The van der Waals surface area contributed by atoms with Crippen LogP contribution < -0.4 is 0 Å². The number of halogens is 2. The number of aryl methyl sites for hydroxylation is 1. The van der Waals surface area contributed by atoms with Crippen LogP contribution in [-0.2, 0) is 13.0 Å². The van der Waals surface area contributed by atoms with E-state index in [0.717, 1.165) is 34.8 Å². The van der Waals surface area contributed by atoms with Crippen molar-refractivity contribution in [2.75, 3.05) is 5.88 Å². The SMILES string of the molecule is CC1(Cn2c(CCCl)nc3ccc(Cl)cc32)CCCC1. The van der Waals surface area contributed by atoms with Gasteiger partial charge in [-0.25, -0.2) is 4.98 Å². The minimum Gasteiger partial charge on any atom is -0.327 e. The van der Waals surface area contributed by atoms with E-state index in [1.165, 1.54) is 25.7 Å². The zero-order valence-corrected chi connectivity index (χ0v) is 13.3. The molecule has 1 saturated carbocycles. The number of fused-ring (bicyclic) bond motifs is 1. The minimum absolute atomic E-state index is 0.386. The molecule has 0 saturated heterocycles. The van der Waals surface area contributed by atoms with Crippen molar-refractivity contribution in [1.82, 2.24) is 9.55 Å². The van der Waals surface area contributed by atoms with E-state index >= 15 is 0 Å². The Kier molecular flexibility index (Phi) is 3.96. The van der Waals surface area contributed by atoms with Gasteiger partial charge in [0.1, 0.15) is 5.82 Å². The van der Waals surface area contributed by atoms with E-state index in [9.17, 15) is 0 Å². The second-order valence-electron chi connectivity index (χ2n) is 6.20. The zero-order valence-electron chi connectivity index (χ0n) is 11.8. The lowest BCUT2D eigenvalue weighted by Gasteiger charge is -2.25. The van der Waals surface area contributed by atoms with Crippen molar-refractivity contribution >= 4 is 34.2 Å². The summed E-state index contributed by atoms with van der Waals surface area (Å²) in [6.45, 7) is 3.41. The van der Waals surface area contributed by atoms with Crippen molar-refractivity contribution < 1.29 is 0 Å². The van der Waals surface area contributed by atoms with Crippen molar-refractivity contribution in [3.05, 3.63) is 29.0 Å². The van der Waals surface area contributed by atoms with E-state index in [1.807, 2.05) is 18.2 Å². The first kappa shape index (κ1) is 14.2. The summed E-state index contributed by atoms with van der Waals surface area (Å²) in [5, 5.41) is 0.771. The Morgan fingerprint density at radius 1 is 1.30 bits per heavy atom. The van der Waals surface area contributed by atoms with Crippen LogP contribution >= 0.6 is 23.2 Å². The Hall–Kier alpha value is -0.730. The van der Waals surface area contributed by atoms with Crippen molar-refractivity contribution in [1.29, 1.82) is 0 Å². The van der Waals surface area contributed by atoms with E-state index in [2.05, 4.69) is 11.5 Å². The highest BCUT2D eigenvalue weighted by Gasteiger charge is 2.30. The highest BCUT2D eigenvalue weighted by atomic mass is 35.5. The third-order valence-electron chi connectivity index (χ3n) is 4.46. The van der Waals surface area contributed by atoms with Crippen molar-refractivity contribution in [3.63, 3.8) is 0 Å². The third-order valence-corrected chi connectivity index (χ3v) is 4.88. The summed E-state index contributed by atoms with van der Waals surface area (Å²) >= 11 is 12.1. The van der Waals surface area contributed by atoms with Crippen LogP contribution in [0.25, 0.3) is 11.0 Å². The molecule has 0 amide bonds. The Labute approximate surface area is 130 Å². The van der Waals surface area contributed by atoms with E-state index in [0.29, 0.717) is 11.3 Å². The van der Waals surface area contributed by atoms with E-state index < -0.39 is 0 Å². The number of rotatable bonds is 4. The van der Waals surface area contributed by atoms with Gasteiger partial charge in [-0.15, -0.1) is 11.6 Å². The molecule has 20 heavy (non-hydrogen) atoms. The van der Waals surface area contributed by atoms with Crippen LogP contribution in [0.2, 0.25) is 5.02 Å². The van der Waals surface area contributed by atoms with Gasteiger partial charge in [0.15, 0.2) is 0 Å². The molecule has 1 aliphatic rings. The second kappa shape index (κ2) is 5.57. The lowest BCUT2D eigenvalue weighted by atomic mass is 9.88. The summed E-state index contributed by atoms with van der Waals surface area (Å²) in [6, 6.07) is 5.94. The van der Waals surface area contributed by atoms with Crippen LogP contribution in [0.5, 0.6) is 0 Å². The summed E-state index contributed by atoms with van der Waals surface area (Å²) in [4.78, 5) is 4.74. The number of benzene rings is 1. The van der Waals surface area contributed by atoms with Crippen LogP contribution in [0.4, 0.5) is 0 Å². The molecule has 1 fully saturated rings. The molecular formula is C16H20Cl2N2. The monoisotopic (exact) mass is 310 g/mol. The first-order valence-corrected chi connectivity index (χ1v) is 8.23. The molecule has 1 aromatic heterocycles. The highest BCUT2D eigenvalue weighted by Crippen LogP contribution is 2.40. The summed E-state index contributed by atoms with van der Waals surface area (Å²) in [7, 11) is 0. The maximum Gasteiger partial charge on any atom is 0.111 e. The van der Waals surface area contributed by atoms with Crippen molar-refractivity contribution in [2.24, 2.45) is 5.41 Å². The van der Waals surface area contributed by atoms with Gasteiger partial charge in [0.05, 0.1) is 11.0 Å². The molecule has 0 unspecified atom stereocenters. The molecular weight excluding hydrogens is 291 g/mol. The molecule has 0 atom stereocenters. The largest absolute Gasteiger partial charge is 0.327 e. The summed E-state index contributed by atoms with van der Waals surface area (Å²) < 4.78 is 2.34. The van der Waals surface area contributed by atoms with Crippen molar-refractivity contribution in [3.8, 4) is 0 Å². The fourth-order valence-corrected chi connectivity index (χ4v) is 3.70. The summed E-state index contributed by atoms with van der Waals surface area (Å²) in [5.74, 6) is 1.69. The van der Waals surface area contributed by atoms with Crippen LogP contribution in [-0.4, -0.2) is 15.4 Å². The predicted molar refractivity (Wildman–Crippen MR) is 85.7 cm³/mol. The lowest BCUT2D eigenvalue weighted by Crippen LogP contribution is -2.21. The van der Waals surface area contributed by atoms with Gasteiger partial charge in [0.2, 0.25) is 0 Å². The fraction of sp³-hybridized carbons (Fsp3) is 0.562. The fourth-order valence-electron chi connectivity index (χ4n) is 3.37. The normalized spacial score (nSPS) is 17.9. The van der Waals surface area contributed by atoms with Gasteiger partial charge in [-0.3, -0.25) is 0 Å². The van der Waals surface area contributed by atoms with Gasteiger partial charge in [-0.2, -0.15) is 0 Å². The van der Waals surface area contributed by atoms with Gasteiger partial charge in [-0.05, 0) is 36.5 Å². The van der Waals surface area contributed by atoms with Gasteiger partial charge in [-0.1, -0.05) is 31.4 Å². The number of hydrogen-bond donors (Lipinski definition) is 0. The molecule has 0 bridgehead atoms. The Morgan fingerprint density at radius 2 is 2.05 bits per heavy atom. The number of nitrogens with zero attached hydrogens (tertiary/aromatic N) is 2. The van der Waals surface area contributed by atoms with Crippen LogP contribution in [0.15, 0.2) is 18.2 Å². The number of hydrogen-bond acceptors (Lipinski definition) is 1. The lowest BCUT2D eigenvalue weighted by molar-refractivity contribution is 0.282. The molecule has 108 valence electrons. The van der Waals surface area contributed by atoms with Gasteiger partial charge < -0.3 is 4.57 Å².